The molecule has 0 unspecified atom stereocenters. The lowest BCUT2D eigenvalue weighted by molar-refractivity contribution is -0.160. The highest BCUT2D eigenvalue weighted by Gasteiger charge is 2.50. The van der Waals surface area contributed by atoms with Crippen LogP contribution in [0.5, 0.6) is 0 Å². The minimum atomic E-state index is -2.68. The summed E-state index contributed by atoms with van der Waals surface area (Å²) in [7, 11) is 0. The van der Waals surface area contributed by atoms with E-state index in [1.54, 1.807) is 17.0 Å². The summed E-state index contributed by atoms with van der Waals surface area (Å²) in [5.41, 5.74) is 0.556. The van der Waals surface area contributed by atoms with Crippen molar-refractivity contribution in [1.82, 2.24) is 14.7 Å². The van der Waals surface area contributed by atoms with Gasteiger partial charge < -0.3 is 4.90 Å². The largest absolute Gasteiger partial charge is 0.342 e. The Morgan fingerprint density at radius 2 is 1.80 bits per heavy atom. The summed E-state index contributed by atoms with van der Waals surface area (Å²) >= 11 is 0. The zero-order valence-electron chi connectivity index (χ0n) is 15.0. The van der Waals surface area contributed by atoms with Crippen LogP contribution in [-0.2, 0) is 10.2 Å². The van der Waals surface area contributed by atoms with Gasteiger partial charge in [-0.05, 0) is 18.9 Å². The standard InChI is InChI=1S/C18H25F2N3O2/c1-17(2,3)14-4-5-15(24)23(21-14)13-6-8-22(9-7-13)16(25)12-10-18(19,20)11-12/h4-5,12-13H,6-11H2,1-3H3. The zero-order valence-corrected chi connectivity index (χ0v) is 15.0. The Labute approximate surface area is 146 Å². The van der Waals surface area contributed by atoms with Gasteiger partial charge in [-0.15, -0.1) is 0 Å². The molecule has 0 spiro atoms. The van der Waals surface area contributed by atoms with E-state index in [1.165, 1.54) is 4.68 Å². The van der Waals surface area contributed by atoms with Gasteiger partial charge in [-0.1, -0.05) is 20.8 Å². The van der Waals surface area contributed by atoms with Crippen molar-refractivity contribution in [3.63, 3.8) is 0 Å². The Morgan fingerprint density at radius 1 is 1.20 bits per heavy atom. The second-order valence-corrected chi connectivity index (χ2v) is 8.27. The summed E-state index contributed by atoms with van der Waals surface area (Å²) in [6, 6.07) is 3.25. The molecular weight excluding hydrogens is 328 g/mol. The summed E-state index contributed by atoms with van der Waals surface area (Å²) < 4.78 is 27.4. The van der Waals surface area contributed by atoms with Gasteiger partial charge in [0.2, 0.25) is 11.8 Å². The zero-order chi connectivity index (χ0) is 18.4. The summed E-state index contributed by atoms with van der Waals surface area (Å²) in [5.74, 6) is -3.40. The minimum absolute atomic E-state index is 0.0540. The summed E-state index contributed by atoms with van der Waals surface area (Å²) in [6.45, 7) is 7.10. The first-order valence-corrected chi connectivity index (χ1v) is 8.84. The third-order valence-corrected chi connectivity index (χ3v) is 5.15. The Hall–Kier alpha value is -1.79. The number of aromatic nitrogens is 2. The van der Waals surface area contributed by atoms with Crippen molar-refractivity contribution in [1.29, 1.82) is 0 Å². The fourth-order valence-corrected chi connectivity index (χ4v) is 3.51. The Kier molecular flexibility index (Phi) is 4.45. The van der Waals surface area contributed by atoms with E-state index in [0.717, 1.165) is 5.69 Å². The predicted molar refractivity (Wildman–Crippen MR) is 89.7 cm³/mol. The average molecular weight is 353 g/mol. The Bertz CT molecular complexity index is 708. The average Bonchev–Trinajstić information content (AvgIpc) is 2.51. The monoisotopic (exact) mass is 353 g/mol. The number of piperidine rings is 1. The lowest BCUT2D eigenvalue weighted by Gasteiger charge is -2.39. The second-order valence-electron chi connectivity index (χ2n) is 8.27. The number of alkyl halides is 2. The molecule has 7 heteroatoms. The first kappa shape index (κ1) is 18.0. The van der Waals surface area contributed by atoms with Crippen LogP contribution in [0.25, 0.3) is 0 Å². The summed E-state index contributed by atoms with van der Waals surface area (Å²) in [4.78, 5) is 26.1. The number of rotatable bonds is 2. The van der Waals surface area contributed by atoms with E-state index < -0.39 is 11.8 Å². The molecule has 0 radical (unpaired) electrons. The molecule has 2 heterocycles. The quantitative estimate of drug-likeness (QED) is 0.821. The number of halogens is 2. The molecule has 1 aromatic heterocycles. The van der Waals surface area contributed by atoms with E-state index in [1.807, 2.05) is 20.8 Å². The van der Waals surface area contributed by atoms with Gasteiger partial charge in [0.15, 0.2) is 0 Å². The van der Waals surface area contributed by atoms with E-state index in [4.69, 9.17) is 0 Å². The van der Waals surface area contributed by atoms with Crippen LogP contribution >= 0.6 is 0 Å². The molecule has 1 saturated heterocycles. The second kappa shape index (κ2) is 6.18. The molecule has 1 aliphatic carbocycles. The Morgan fingerprint density at radius 3 is 2.32 bits per heavy atom. The number of carbonyl (C=O) groups excluding carboxylic acids is 1. The number of carbonyl (C=O) groups is 1. The van der Waals surface area contributed by atoms with Crippen LogP contribution in [-0.4, -0.2) is 39.6 Å². The SMILES string of the molecule is CC(C)(C)c1ccc(=O)n(C2CCN(C(=O)C3CC(F)(F)C3)CC2)n1. The van der Waals surface area contributed by atoms with Gasteiger partial charge in [-0.25, -0.2) is 13.5 Å². The van der Waals surface area contributed by atoms with Crippen molar-refractivity contribution in [3.8, 4) is 0 Å². The number of nitrogens with zero attached hydrogens (tertiary/aromatic N) is 3. The van der Waals surface area contributed by atoms with Crippen molar-refractivity contribution in [2.45, 2.75) is 63.8 Å². The molecule has 1 amide bonds. The summed E-state index contributed by atoms with van der Waals surface area (Å²) in [5, 5.41) is 4.52. The molecule has 1 saturated carbocycles. The van der Waals surface area contributed by atoms with Gasteiger partial charge in [0.1, 0.15) is 0 Å². The molecule has 5 nitrogen and oxygen atoms in total. The lowest BCUT2D eigenvalue weighted by atomic mass is 9.80. The van der Waals surface area contributed by atoms with Crippen molar-refractivity contribution in [2.24, 2.45) is 5.92 Å². The predicted octanol–water partition coefficient (Wildman–Crippen LogP) is 2.75. The van der Waals surface area contributed by atoms with Crippen molar-refractivity contribution in [2.75, 3.05) is 13.1 Å². The molecule has 0 bridgehead atoms. The highest BCUT2D eigenvalue weighted by Crippen LogP contribution is 2.43. The molecule has 2 fully saturated rings. The molecule has 0 atom stereocenters. The fraction of sp³-hybridized carbons (Fsp3) is 0.722. The van der Waals surface area contributed by atoms with Gasteiger partial charge in [-0.3, -0.25) is 9.59 Å². The number of hydrogen-bond donors (Lipinski definition) is 0. The van der Waals surface area contributed by atoms with Gasteiger partial charge in [0.05, 0.1) is 11.7 Å². The maximum absolute atomic E-state index is 13.0. The van der Waals surface area contributed by atoms with Crippen LogP contribution in [0.2, 0.25) is 0 Å². The van der Waals surface area contributed by atoms with Crippen LogP contribution in [0.4, 0.5) is 8.78 Å². The molecule has 138 valence electrons. The van der Waals surface area contributed by atoms with Gasteiger partial charge in [0, 0.05) is 43.3 Å². The van der Waals surface area contributed by atoms with E-state index in [-0.39, 0.29) is 35.8 Å². The third-order valence-electron chi connectivity index (χ3n) is 5.15. The highest BCUT2D eigenvalue weighted by atomic mass is 19.3. The lowest BCUT2D eigenvalue weighted by Crippen LogP contribution is -2.49. The van der Waals surface area contributed by atoms with E-state index in [2.05, 4.69) is 5.10 Å². The highest BCUT2D eigenvalue weighted by molar-refractivity contribution is 5.80. The van der Waals surface area contributed by atoms with Crippen LogP contribution < -0.4 is 5.56 Å². The molecule has 1 aromatic rings. The number of amides is 1. The smallest absolute Gasteiger partial charge is 0.267 e. The van der Waals surface area contributed by atoms with Crippen LogP contribution in [0.1, 0.15) is 58.2 Å². The Balaban J connectivity index is 1.65. The van der Waals surface area contributed by atoms with E-state index in [9.17, 15) is 18.4 Å². The third kappa shape index (κ3) is 3.75. The fourth-order valence-electron chi connectivity index (χ4n) is 3.51. The maximum atomic E-state index is 13.0. The van der Waals surface area contributed by atoms with Gasteiger partial charge >= 0.3 is 0 Å². The van der Waals surface area contributed by atoms with Crippen molar-refractivity contribution < 1.29 is 13.6 Å². The number of hydrogen-bond acceptors (Lipinski definition) is 3. The molecule has 1 aliphatic heterocycles. The van der Waals surface area contributed by atoms with E-state index in [0.29, 0.717) is 25.9 Å². The molecule has 25 heavy (non-hydrogen) atoms. The number of likely N-dealkylation sites (tertiary alicyclic amines) is 1. The van der Waals surface area contributed by atoms with Gasteiger partial charge in [-0.2, -0.15) is 5.10 Å². The minimum Gasteiger partial charge on any atom is -0.342 e. The summed E-state index contributed by atoms with van der Waals surface area (Å²) in [6.07, 6.45) is 0.575. The first-order valence-electron chi connectivity index (χ1n) is 8.84. The van der Waals surface area contributed by atoms with Crippen molar-refractivity contribution in [3.05, 3.63) is 28.2 Å². The molecule has 2 aliphatic rings. The topological polar surface area (TPSA) is 55.2 Å². The van der Waals surface area contributed by atoms with Crippen LogP contribution in [0, 0.1) is 5.92 Å². The van der Waals surface area contributed by atoms with Crippen LogP contribution in [0.3, 0.4) is 0 Å². The molecule has 3 rings (SSSR count). The van der Waals surface area contributed by atoms with Gasteiger partial charge in [0.25, 0.3) is 5.56 Å². The normalized spacial score (nSPS) is 21.9. The molecular formula is C18H25F2N3O2. The molecule has 0 N–H and O–H groups in total. The van der Waals surface area contributed by atoms with E-state index >= 15 is 0 Å². The van der Waals surface area contributed by atoms with Crippen molar-refractivity contribution >= 4 is 5.91 Å². The molecule has 0 aromatic carbocycles. The van der Waals surface area contributed by atoms with Crippen LogP contribution in [0.15, 0.2) is 16.9 Å². The first-order chi connectivity index (χ1) is 11.6. The maximum Gasteiger partial charge on any atom is 0.267 e.